The number of ether oxygens (including phenoxy) is 1. The van der Waals surface area contributed by atoms with Crippen LogP contribution in [-0.2, 0) is 6.54 Å². The molecule has 27 heavy (non-hydrogen) atoms. The van der Waals surface area contributed by atoms with Crippen molar-refractivity contribution in [3.05, 3.63) is 47.1 Å². The summed E-state index contributed by atoms with van der Waals surface area (Å²) >= 11 is 0. The van der Waals surface area contributed by atoms with Gasteiger partial charge in [0.25, 0.3) is 0 Å². The lowest BCUT2D eigenvalue weighted by Crippen LogP contribution is -2.46. The van der Waals surface area contributed by atoms with Crippen LogP contribution in [0, 0.1) is 11.3 Å². The summed E-state index contributed by atoms with van der Waals surface area (Å²) in [7, 11) is 1.67. The zero-order chi connectivity index (χ0) is 18.8. The van der Waals surface area contributed by atoms with Gasteiger partial charge in [-0.3, -0.25) is 0 Å². The molecule has 138 valence electrons. The third kappa shape index (κ3) is 3.17. The molecule has 0 bridgehead atoms. The van der Waals surface area contributed by atoms with E-state index in [-0.39, 0.29) is 12.2 Å². The molecule has 3 heterocycles. The minimum atomic E-state index is -0.353. The molecule has 9 nitrogen and oxygen atoms in total. The van der Waals surface area contributed by atoms with E-state index in [1.165, 1.54) is 10.7 Å². The van der Waals surface area contributed by atoms with Crippen LogP contribution in [0.2, 0.25) is 0 Å². The molecule has 1 aromatic carbocycles. The van der Waals surface area contributed by atoms with Gasteiger partial charge >= 0.3 is 5.69 Å². The number of hydrogen-bond donors (Lipinski definition) is 0. The Bertz CT molecular complexity index is 1060. The normalized spacial score (nSPS) is 14.4. The van der Waals surface area contributed by atoms with Gasteiger partial charge in [0.05, 0.1) is 13.2 Å². The predicted octanol–water partition coefficient (Wildman–Crippen LogP) is 0.750. The van der Waals surface area contributed by atoms with E-state index in [1.807, 2.05) is 24.3 Å². The van der Waals surface area contributed by atoms with Crippen LogP contribution in [0.25, 0.3) is 5.65 Å². The zero-order valence-corrected chi connectivity index (χ0v) is 14.9. The Kier molecular flexibility index (Phi) is 4.38. The first-order valence-corrected chi connectivity index (χ1v) is 8.66. The average Bonchev–Trinajstić information content (AvgIpc) is 3.03. The highest BCUT2D eigenvalue weighted by Gasteiger charge is 2.19. The number of piperazine rings is 1. The van der Waals surface area contributed by atoms with Gasteiger partial charge in [0, 0.05) is 44.0 Å². The number of rotatable bonds is 4. The van der Waals surface area contributed by atoms with Crippen LogP contribution in [0.5, 0.6) is 5.75 Å². The van der Waals surface area contributed by atoms with Gasteiger partial charge in [-0.15, -0.1) is 5.10 Å². The summed E-state index contributed by atoms with van der Waals surface area (Å²) in [5.74, 6) is 1.63. The van der Waals surface area contributed by atoms with Crippen molar-refractivity contribution in [3.63, 3.8) is 0 Å². The molecule has 0 unspecified atom stereocenters. The van der Waals surface area contributed by atoms with Crippen molar-refractivity contribution in [1.29, 1.82) is 5.26 Å². The molecule has 1 aliphatic heterocycles. The number of aromatic nitrogens is 4. The van der Waals surface area contributed by atoms with Crippen molar-refractivity contribution in [2.45, 2.75) is 6.54 Å². The summed E-state index contributed by atoms with van der Waals surface area (Å²) in [6, 6.07) is 11.8. The zero-order valence-electron chi connectivity index (χ0n) is 14.9. The van der Waals surface area contributed by atoms with Gasteiger partial charge in [0.1, 0.15) is 24.4 Å². The van der Waals surface area contributed by atoms with Gasteiger partial charge in [-0.05, 0) is 12.1 Å². The minimum absolute atomic E-state index is 0.0743. The quantitative estimate of drug-likeness (QED) is 0.674. The predicted molar refractivity (Wildman–Crippen MR) is 100 cm³/mol. The van der Waals surface area contributed by atoms with Crippen molar-refractivity contribution < 1.29 is 4.74 Å². The maximum Gasteiger partial charge on any atom is 0.352 e. The van der Waals surface area contributed by atoms with E-state index in [0.29, 0.717) is 5.65 Å². The Balaban J connectivity index is 1.51. The molecule has 1 fully saturated rings. The lowest BCUT2D eigenvalue weighted by molar-refractivity contribution is 0.414. The maximum atomic E-state index is 12.1. The van der Waals surface area contributed by atoms with Crippen molar-refractivity contribution in [3.8, 4) is 11.8 Å². The van der Waals surface area contributed by atoms with Crippen LogP contribution in [0.3, 0.4) is 0 Å². The van der Waals surface area contributed by atoms with Crippen LogP contribution in [0.1, 0.15) is 0 Å². The molecule has 0 radical (unpaired) electrons. The second-order valence-corrected chi connectivity index (χ2v) is 6.25. The lowest BCUT2D eigenvalue weighted by Gasteiger charge is -2.36. The first-order valence-electron chi connectivity index (χ1n) is 8.66. The van der Waals surface area contributed by atoms with Crippen LogP contribution in [0.15, 0.2) is 41.5 Å². The Labute approximate surface area is 155 Å². The second-order valence-electron chi connectivity index (χ2n) is 6.25. The lowest BCUT2D eigenvalue weighted by atomic mass is 10.2. The SMILES string of the molecule is COc1cccc(N2CCN(c3cc4nn(CC#N)c(=O)n4cn3)CC2)c1. The Morgan fingerprint density at radius 2 is 1.96 bits per heavy atom. The van der Waals surface area contributed by atoms with E-state index < -0.39 is 0 Å². The largest absolute Gasteiger partial charge is 0.497 e. The summed E-state index contributed by atoms with van der Waals surface area (Å²) in [6.07, 6.45) is 1.47. The third-order valence-corrected chi connectivity index (χ3v) is 4.70. The standard InChI is InChI=1S/C18H19N7O2/c1-27-15-4-2-3-14(11-15)22-7-9-23(10-8-22)16-12-17-21-25(6-5-19)18(26)24(17)13-20-16/h2-4,11-13H,6-10H2,1H3. The van der Waals surface area contributed by atoms with E-state index >= 15 is 0 Å². The molecule has 2 aromatic heterocycles. The third-order valence-electron chi connectivity index (χ3n) is 4.70. The van der Waals surface area contributed by atoms with Gasteiger partial charge in [-0.25, -0.2) is 14.2 Å². The highest BCUT2D eigenvalue weighted by atomic mass is 16.5. The summed E-state index contributed by atoms with van der Waals surface area (Å²) in [5, 5.41) is 13.0. The number of benzene rings is 1. The van der Waals surface area contributed by atoms with Crippen LogP contribution in [0.4, 0.5) is 11.5 Å². The van der Waals surface area contributed by atoms with Gasteiger partial charge in [0.15, 0.2) is 5.65 Å². The van der Waals surface area contributed by atoms with Crippen molar-refractivity contribution in [2.75, 3.05) is 43.1 Å². The van der Waals surface area contributed by atoms with Crippen molar-refractivity contribution in [2.24, 2.45) is 0 Å². The van der Waals surface area contributed by atoms with Gasteiger partial charge < -0.3 is 14.5 Å². The maximum absolute atomic E-state index is 12.1. The van der Waals surface area contributed by atoms with E-state index in [0.717, 1.165) is 48.1 Å². The molecular formula is C18H19N7O2. The molecule has 0 aliphatic carbocycles. The first-order chi connectivity index (χ1) is 13.2. The number of methoxy groups -OCH3 is 1. The fourth-order valence-corrected chi connectivity index (χ4v) is 3.26. The summed E-state index contributed by atoms with van der Waals surface area (Å²) in [6.45, 7) is 3.26. The summed E-state index contributed by atoms with van der Waals surface area (Å²) < 4.78 is 7.80. The molecule has 1 aliphatic rings. The molecule has 9 heteroatoms. The number of hydrogen-bond acceptors (Lipinski definition) is 7. The Hall–Kier alpha value is -3.54. The Morgan fingerprint density at radius 3 is 2.70 bits per heavy atom. The van der Waals surface area contributed by atoms with E-state index in [9.17, 15) is 4.79 Å². The minimum Gasteiger partial charge on any atom is -0.497 e. The molecule has 1 saturated heterocycles. The highest BCUT2D eigenvalue weighted by molar-refractivity contribution is 5.54. The van der Waals surface area contributed by atoms with Gasteiger partial charge in [-0.1, -0.05) is 6.07 Å². The van der Waals surface area contributed by atoms with Crippen molar-refractivity contribution in [1.82, 2.24) is 19.2 Å². The molecule has 0 N–H and O–H groups in total. The van der Waals surface area contributed by atoms with Crippen LogP contribution in [-0.4, -0.2) is 52.5 Å². The topological polar surface area (TPSA) is 91.7 Å². The average molecular weight is 365 g/mol. The second kappa shape index (κ2) is 6.99. The molecule has 0 atom stereocenters. The monoisotopic (exact) mass is 365 g/mol. The number of anilines is 2. The van der Waals surface area contributed by atoms with E-state index in [4.69, 9.17) is 10.00 Å². The van der Waals surface area contributed by atoms with Crippen LogP contribution >= 0.6 is 0 Å². The van der Waals surface area contributed by atoms with Crippen molar-refractivity contribution >= 4 is 17.2 Å². The van der Waals surface area contributed by atoms with Gasteiger partial charge in [-0.2, -0.15) is 9.94 Å². The van der Waals surface area contributed by atoms with Gasteiger partial charge in [0.2, 0.25) is 0 Å². The summed E-state index contributed by atoms with van der Waals surface area (Å²) in [4.78, 5) is 21.0. The number of fused-ring (bicyclic) bond motifs is 1. The highest BCUT2D eigenvalue weighted by Crippen LogP contribution is 2.23. The molecular weight excluding hydrogens is 346 g/mol. The van der Waals surface area contributed by atoms with E-state index in [2.05, 4.69) is 25.9 Å². The molecule has 0 spiro atoms. The molecule has 0 saturated carbocycles. The molecule has 3 aromatic rings. The first kappa shape index (κ1) is 16.9. The number of nitrogens with zero attached hydrogens (tertiary/aromatic N) is 7. The fourth-order valence-electron chi connectivity index (χ4n) is 3.26. The summed E-state index contributed by atoms with van der Waals surface area (Å²) in [5.41, 5.74) is 1.28. The number of nitriles is 1. The molecule has 4 rings (SSSR count). The Morgan fingerprint density at radius 1 is 1.19 bits per heavy atom. The van der Waals surface area contributed by atoms with Crippen LogP contribution < -0.4 is 20.2 Å². The van der Waals surface area contributed by atoms with E-state index in [1.54, 1.807) is 13.2 Å². The molecule has 0 amide bonds. The smallest absolute Gasteiger partial charge is 0.352 e. The fraction of sp³-hybridized carbons (Fsp3) is 0.333.